The van der Waals surface area contributed by atoms with E-state index in [0.717, 1.165) is 49.0 Å². The molecule has 2 aliphatic rings. The van der Waals surface area contributed by atoms with Crippen molar-refractivity contribution in [2.24, 2.45) is 11.7 Å². The number of likely N-dealkylation sites (tertiary alicyclic amines) is 1. The summed E-state index contributed by atoms with van der Waals surface area (Å²) in [5.41, 5.74) is 11.6. The van der Waals surface area contributed by atoms with E-state index >= 15 is 0 Å². The Morgan fingerprint density at radius 3 is 2.58 bits per heavy atom. The number of phenols is 1. The monoisotopic (exact) mass is 491 g/mol. The SMILES string of the molecule is Cc1ccc2c(c1O)C[C@@H](C1CCN(C(C)c3cc4ccccc4[nH]3)CC1)O[C@H]2CN.Cl.Cl. The van der Waals surface area contributed by atoms with Crippen molar-refractivity contribution >= 4 is 35.7 Å². The normalized spacial score (nSPS) is 22.3. The molecule has 3 atom stereocenters. The molecule has 3 heterocycles. The van der Waals surface area contributed by atoms with Gasteiger partial charge in [-0.15, -0.1) is 24.8 Å². The maximum Gasteiger partial charge on any atom is 0.122 e. The van der Waals surface area contributed by atoms with E-state index in [1.807, 2.05) is 13.0 Å². The predicted octanol–water partition coefficient (Wildman–Crippen LogP) is 5.44. The number of aromatic nitrogens is 1. The Kier molecular flexibility index (Phi) is 8.35. The van der Waals surface area contributed by atoms with E-state index in [2.05, 4.69) is 53.2 Å². The van der Waals surface area contributed by atoms with Crippen molar-refractivity contribution in [2.45, 2.75) is 51.4 Å². The number of aromatic hydroxyl groups is 1. The average molecular weight is 492 g/mol. The quantitative estimate of drug-likeness (QED) is 0.454. The van der Waals surface area contributed by atoms with Crippen LogP contribution in [0.5, 0.6) is 5.75 Å². The van der Waals surface area contributed by atoms with Gasteiger partial charge in [-0.3, -0.25) is 4.90 Å². The zero-order valence-corrected chi connectivity index (χ0v) is 20.9. The molecule has 5 rings (SSSR count). The Labute approximate surface area is 208 Å². The molecule has 0 saturated carbocycles. The van der Waals surface area contributed by atoms with Crippen molar-refractivity contribution < 1.29 is 9.84 Å². The third kappa shape index (κ3) is 4.89. The molecule has 7 heteroatoms. The number of nitrogens with one attached hydrogen (secondary N) is 1. The molecule has 0 bridgehead atoms. The van der Waals surface area contributed by atoms with E-state index in [9.17, 15) is 5.11 Å². The van der Waals surface area contributed by atoms with Gasteiger partial charge in [0.1, 0.15) is 5.75 Å². The van der Waals surface area contributed by atoms with Crippen molar-refractivity contribution in [1.29, 1.82) is 0 Å². The maximum atomic E-state index is 10.7. The summed E-state index contributed by atoms with van der Waals surface area (Å²) in [7, 11) is 0. The minimum atomic E-state index is -0.122. The molecule has 0 radical (unpaired) electrons. The average Bonchev–Trinajstić information content (AvgIpc) is 3.25. The number of ether oxygens (including phenoxy) is 1. The van der Waals surface area contributed by atoms with Crippen LogP contribution in [0.15, 0.2) is 42.5 Å². The fraction of sp³-hybridized carbons (Fsp3) is 0.462. The Morgan fingerprint density at radius 1 is 1.15 bits per heavy atom. The maximum absolute atomic E-state index is 10.7. The van der Waals surface area contributed by atoms with Gasteiger partial charge in [-0.25, -0.2) is 0 Å². The van der Waals surface area contributed by atoms with Crippen LogP contribution < -0.4 is 5.73 Å². The predicted molar refractivity (Wildman–Crippen MR) is 139 cm³/mol. The first-order chi connectivity index (χ1) is 15.0. The fourth-order valence-corrected chi connectivity index (χ4v) is 5.48. The summed E-state index contributed by atoms with van der Waals surface area (Å²) >= 11 is 0. The highest BCUT2D eigenvalue weighted by Gasteiger charge is 2.36. The molecule has 180 valence electrons. The molecule has 5 nitrogen and oxygen atoms in total. The zero-order valence-electron chi connectivity index (χ0n) is 19.3. The van der Waals surface area contributed by atoms with Gasteiger partial charge in [0.25, 0.3) is 0 Å². The van der Waals surface area contributed by atoms with E-state index in [4.69, 9.17) is 10.5 Å². The smallest absolute Gasteiger partial charge is 0.122 e. The van der Waals surface area contributed by atoms with Gasteiger partial charge in [0.05, 0.1) is 12.2 Å². The Hall–Kier alpha value is -1.76. The highest BCUT2D eigenvalue weighted by atomic mass is 35.5. The second-order valence-corrected chi connectivity index (χ2v) is 9.26. The third-order valence-electron chi connectivity index (χ3n) is 7.47. The summed E-state index contributed by atoms with van der Waals surface area (Å²) in [6, 6.07) is 15.2. The molecule has 1 unspecified atom stereocenters. The molecule has 2 aromatic carbocycles. The fourth-order valence-electron chi connectivity index (χ4n) is 5.48. The molecule has 1 fully saturated rings. The molecule has 33 heavy (non-hydrogen) atoms. The molecule has 0 spiro atoms. The second-order valence-electron chi connectivity index (χ2n) is 9.26. The summed E-state index contributed by atoms with van der Waals surface area (Å²) in [5.74, 6) is 0.919. The number of H-pyrrole nitrogens is 1. The number of hydrogen-bond donors (Lipinski definition) is 3. The lowest BCUT2D eigenvalue weighted by Gasteiger charge is -2.42. The standard InChI is InChI=1S/C26H33N3O2.2ClH/c1-16-7-8-20-21(26(16)30)14-24(31-25(20)15-27)18-9-11-29(12-10-18)17(2)23-13-19-5-3-4-6-22(19)28-23;;/h3-8,13,17-18,24-25,28,30H,9-12,14-15,27H2,1-2H3;2*1H/t17?,24-,25-;;/m0../s1. The highest BCUT2D eigenvalue weighted by Crippen LogP contribution is 2.41. The first-order valence-electron chi connectivity index (χ1n) is 11.5. The number of aromatic amines is 1. The van der Waals surface area contributed by atoms with Gasteiger partial charge >= 0.3 is 0 Å². The first-order valence-corrected chi connectivity index (χ1v) is 11.5. The number of para-hydroxylation sites is 1. The summed E-state index contributed by atoms with van der Waals surface area (Å²) < 4.78 is 6.46. The number of piperidine rings is 1. The summed E-state index contributed by atoms with van der Waals surface area (Å²) in [5, 5.41) is 11.9. The number of rotatable bonds is 4. The van der Waals surface area contributed by atoms with Crippen LogP contribution in [0, 0.1) is 12.8 Å². The largest absolute Gasteiger partial charge is 0.507 e. The molecule has 2 aliphatic heterocycles. The second kappa shape index (κ2) is 10.7. The van der Waals surface area contributed by atoms with Gasteiger partial charge in [-0.2, -0.15) is 0 Å². The molecular formula is C26H35Cl2N3O2. The van der Waals surface area contributed by atoms with E-state index in [1.165, 1.54) is 16.6 Å². The topological polar surface area (TPSA) is 74.5 Å². The van der Waals surface area contributed by atoms with Gasteiger partial charge in [0.2, 0.25) is 0 Å². The first kappa shape index (κ1) is 25.9. The Bertz CT molecular complexity index is 1050. The lowest BCUT2D eigenvalue weighted by Crippen LogP contribution is -2.42. The van der Waals surface area contributed by atoms with Crippen molar-refractivity contribution in [3.8, 4) is 5.75 Å². The lowest BCUT2D eigenvalue weighted by atomic mass is 9.82. The van der Waals surface area contributed by atoms with E-state index < -0.39 is 0 Å². The van der Waals surface area contributed by atoms with Gasteiger partial charge in [0, 0.05) is 35.8 Å². The number of aryl methyl sites for hydroxylation is 1. The van der Waals surface area contributed by atoms with Crippen molar-refractivity contribution in [2.75, 3.05) is 19.6 Å². The number of nitrogens with zero attached hydrogens (tertiary/aromatic N) is 1. The third-order valence-corrected chi connectivity index (χ3v) is 7.47. The zero-order chi connectivity index (χ0) is 21.5. The van der Waals surface area contributed by atoms with Crippen molar-refractivity contribution in [3.63, 3.8) is 0 Å². The van der Waals surface area contributed by atoms with Gasteiger partial charge in [-0.05, 0) is 74.3 Å². The van der Waals surface area contributed by atoms with Crippen LogP contribution in [-0.4, -0.2) is 40.7 Å². The summed E-state index contributed by atoms with van der Waals surface area (Å²) in [6.45, 7) is 6.81. The van der Waals surface area contributed by atoms with Gasteiger partial charge < -0.3 is 20.6 Å². The summed E-state index contributed by atoms with van der Waals surface area (Å²) in [6.07, 6.45) is 2.99. The van der Waals surface area contributed by atoms with Crippen LogP contribution in [-0.2, 0) is 11.2 Å². The molecular weight excluding hydrogens is 457 g/mol. The number of fused-ring (bicyclic) bond motifs is 2. The number of benzene rings is 2. The molecule has 1 saturated heterocycles. The minimum absolute atomic E-state index is 0. The molecule has 3 aromatic rings. The van der Waals surface area contributed by atoms with E-state index in [-0.39, 0.29) is 37.0 Å². The van der Waals surface area contributed by atoms with E-state index in [0.29, 0.717) is 24.3 Å². The van der Waals surface area contributed by atoms with Crippen LogP contribution in [0.25, 0.3) is 10.9 Å². The number of hydrogen-bond acceptors (Lipinski definition) is 4. The van der Waals surface area contributed by atoms with Crippen LogP contribution in [0.3, 0.4) is 0 Å². The van der Waals surface area contributed by atoms with Crippen LogP contribution >= 0.6 is 24.8 Å². The van der Waals surface area contributed by atoms with Crippen molar-refractivity contribution in [3.05, 3.63) is 64.8 Å². The number of halogens is 2. The molecule has 0 amide bonds. The Balaban J connectivity index is 0.00000153. The van der Waals surface area contributed by atoms with Gasteiger partial charge in [0.15, 0.2) is 0 Å². The number of phenolic OH excluding ortho intramolecular Hbond substituents is 1. The van der Waals surface area contributed by atoms with Crippen LogP contribution in [0.2, 0.25) is 0 Å². The molecule has 0 aliphatic carbocycles. The lowest BCUT2D eigenvalue weighted by molar-refractivity contribution is -0.0667. The van der Waals surface area contributed by atoms with Crippen LogP contribution in [0.4, 0.5) is 0 Å². The Morgan fingerprint density at radius 2 is 1.88 bits per heavy atom. The van der Waals surface area contributed by atoms with Crippen LogP contribution in [0.1, 0.15) is 54.3 Å². The van der Waals surface area contributed by atoms with Crippen molar-refractivity contribution in [1.82, 2.24) is 9.88 Å². The van der Waals surface area contributed by atoms with Gasteiger partial charge in [-0.1, -0.05) is 30.3 Å². The summed E-state index contributed by atoms with van der Waals surface area (Å²) in [4.78, 5) is 6.16. The van der Waals surface area contributed by atoms with E-state index in [1.54, 1.807) is 0 Å². The highest BCUT2D eigenvalue weighted by molar-refractivity contribution is 5.85. The molecule has 1 aromatic heterocycles. The number of nitrogens with two attached hydrogens (primary N) is 1. The molecule has 4 N–H and O–H groups in total. The minimum Gasteiger partial charge on any atom is -0.507 e.